The van der Waals surface area contributed by atoms with Gasteiger partial charge in [0.2, 0.25) is 17.7 Å². The van der Waals surface area contributed by atoms with Crippen molar-refractivity contribution in [1.82, 2.24) is 20.9 Å². The van der Waals surface area contributed by atoms with E-state index in [4.69, 9.17) is 0 Å². The molecule has 0 aromatic carbocycles. The van der Waals surface area contributed by atoms with E-state index in [9.17, 15) is 19.2 Å². The molecule has 0 aromatic rings. The molecule has 0 fully saturated rings. The van der Waals surface area contributed by atoms with Crippen LogP contribution in [-0.2, 0) is 33.4 Å². The topological polar surface area (TPSA) is 135 Å². The summed E-state index contributed by atoms with van der Waals surface area (Å²) in [5.74, 6) is -0.144. The summed E-state index contributed by atoms with van der Waals surface area (Å²) in [6.45, 7) is 8.61. The molecule has 0 aromatic heterocycles. The van der Waals surface area contributed by atoms with E-state index < -0.39 is 0 Å². The second-order valence-electron chi connectivity index (χ2n) is 5.21. The van der Waals surface area contributed by atoms with Gasteiger partial charge >= 0.3 is 5.97 Å². The SMILES string of the molecule is CC(=O)N(C)C.CCOC.CNC.CNC(C)=O.CNC(C)=O.COC.COC(C)=O. The normalized spacial score (nSPS) is 6.94. The van der Waals surface area contributed by atoms with Crippen LogP contribution < -0.4 is 16.0 Å². The van der Waals surface area contributed by atoms with Crippen LogP contribution in [0.15, 0.2) is 0 Å². The van der Waals surface area contributed by atoms with Crippen LogP contribution in [0.2, 0.25) is 0 Å². The Kier molecular flexibility index (Phi) is 76.9. The minimum atomic E-state index is -0.245. The highest BCUT2D eigenvalue weighted by Crippen LogP contribution is 1.69. The molecule has 11 heteroatoms. The van der Waals surface area contributed by atoms with Crippen molar-refractivity contribution in [1.29, 1.82) is 0 Å². The third-order valence-corrected chi connectivity index (χ3v) is 1.91. The number of methoxy groups -OCH3 is 3. The van der Waals surface area contributed by atoms with Crippen LogP contribution in [0, 0.1) is 0 Å². The standard InChI is InChI=1S/C4H9NO.2C3H7NO.C3H6O2.C3H8O.C2H7N.C2H6O/c1-4(6)5(2)3;2*1-3(5)4-2;1-3(4)5-2;1-3-4-2;2*1-3-2/h1-3H3;2*1-2H3,(H,4,5);1-2H3;3H2,1-2H3;3H,1-2H3;1-2H3. The van der Waals surface area contributed by atoms with Crippen LogP contribution in [0.3, 0.4) is 0 Å². The summed E-state index contributed by atoms with van der Waals surface area (Å²) < 4.78 is 12.9. The first-order chi connectivity index (χ1) is 14.2. The lowest BCUT2D eigenvalue weighted by atomic mass is 10.7. The van der Waals surface area contributed by atoms with Crippen LogP contribution >= 0.6 is 0 Å². The van der Waals surface area contributed by atoms with Crippen molar-refractivity contribution in [3.63, 3.8) is 0 Å². The number of hydrogen-bond donors (Lipinski definition) is 3. The molecule has 0 radical (unpaired) electrons. The Morgan fingerprint density at radius 3 is 0.871 bits per heavy atom. The monoisotopic (exact) mass is 458 g/mol. The maximum absolute atomic E-state index is 10.1. The fourth-order valence-electron chi connectivity index (χ4n) is 0. The molecule has 0 rings (SSSR count). The summed E-state index contributed by atoms with van der Waals surface area (Å²) >= 11 is 0. The number of nitrogens with zero attached hydrogens (tertiary/aromatic N) is 1. The predicted octanol–water partition coefficient (Wildman–Crippen LogP) is 0.529. The Morgan fingerprint density at radius 2 is 0.871 bits per heavy atom. The maximum Gasteiger partial charge on any atom is 0.302 e. The molecule has 192 valence electrons. The molecule has 0 bridgehead atoms. The molecule has 0 spiro atoms. The Labute approximate surface area is 190 Å². The minimum Gasteiger partial charge on any atom is -0.469 e. The summed E-state index contributed by atoms with van der Waals surface area (Å²) in [4.78, 5) is 40.6. The Hall–Kier alpha value is -2.24. The second kappa shape index (κ2) is 50.9. The lowest BCUT2D eigenvalue weighted by Gasteiger charge is -2.02. The van der Waals surface area contributed by atoms with Gasteiger partial charge in [-0.15, -0.1) is 0 Å². The summed E-state index contributed by atoms with van der Waals surface area (Å²) in [6.07, 6.45) is 0. The summed E-state index contributed by atoms with van der Waals surface area (Å²) in [7, 11) is 16.7. The second-order valence-corrected chi connectivity index (χ2v) is 5.21. The zero-order valence-corrected chi connectivity index (χ0v) is 22.5. The molecule has 31 heavy (non-hydrogen) atoms. The summed E-state index contributed by atoms with van der Waals surface area (Å²) in [5.41, 5.74) is 0. The van der Waals surface area contributed by atoms with Crippen molar-refractivity contribution in [2.75, 3.05) is 77.3 Å². The lowest BCUT2D eigenvalue weighted by molar-refractivity contribution is -0.138. The van der Waals surface area contributed by atoms with Crippen LogP contribution in [0.1, 0.15) is 34.6 Å². The van der Waals surface area contributed by atoms with Gasteiger partial charge in [0.1, 0.15) is 0 Å². The van der Waals surface area contributed by atoms with Crippen LogP contribution in [-0.4, -0.2) is 106 Å². The van der Waals surface area contributed by atoms with Crippen molar-refractivity contribution < 1.29 is 33.4 Å². The smallest absolute Gasteiger partial charge is 0.302 e. The van der Waals surface area contributed by atoms with E-state index in [-0.39, 0.29) is 23.7 Å². The zero-order valence-electron chi connectivity index (χ0n) is 22.5. The van der Waals surface area contributed by atoms with E-state index in [1.807, 2.05) is 21.0 Å². The number of carbonyl (C=O) groups excluding carboxylic acids is 4. The fraction of sp³-hybridized carbons (Fsp3) is 0.800. The quantitative estimate of drug-likeness (QED) is 0.484. The average Bonchev–Trinajstić information content (AvgIpc) is 2.70. The molecule has 0 unspecified atom stereocenters. The van der Waals surface area contributed by atoms with Gasteiger partial charge in [-0.05, 0) is 21.0 Å². The van der Waals surface area contributed by atoms with E-state index in [0.717, 1.165) is 6.61 Å². The van der Waals surface area contributed by atoms with Crippen molar-refractivity contribution in [2.24, 2.45) is 0 Å². The number of nitrogens with one attached hydrogen (secondary N) is 3. The average molecular weight is 459 g/mol. The van der Waals surface area contributed by atoms with Gasteiger partial charge in [0.25, 0.3) is 0 Å². The van der Waals surface area contributed by atoms with Gasteiger partial charge in [-0.1, -0.05) is 0 Å². The van der Waals surface area contributed by atoms with Crippen molar-refractivity contribution in [2.45, 2.75) is 34.6 Å². The third-order valence-electron chi connectivity index (χ3n) is 1.91. The number of hydrogen-bond acceptors (Lipinski definition) is 8. The highest BCUT2D eigenvalue weighted by Gasteiger charge is 1.87. The molecule has 0 aliphatic carbocycles. The van der Waals surface area contributed by atoms with Gasteiger partial charge in [-0.3, -0.25) is 19.2 Å². The molecule has 0 aliphatic heterocycles. The fourth-order valence-corrected chi connectivity index (χ4v) is 0. The zero-order chi connectivity index (χ0) is 26.8. The van der Waals surface area contributed by atoms with Crippen LogP contribution in [0.25, 0.3) is 0 Å². The van der Waals surface area contributed by atoms with E-state index in [1.165, 1.54) is 39.7 Å². The highest BCUT2D eigenvalue weighted by atomic mass is 16.5. The maximum atomic E-state index is 10.1. The highest BCUT2D eigenvalue weighted by molar-refractivity contribution is 5.72. The number of rotatable bonds is 1. The van der Waals surface area contributed by atoms with Crippen molar-refractivity contribution in [3.8, 4) is 0 Å². The van der Waals surface area contributed by atoms with Crippen molar-refractivity contribution >= 4 is 23.7 Å². The molecular formula is C20H50N4O7. The van der Waals surface area contributed by atoms with Gasteiger partial charge in [0.15, 0.2) is 0 Å². The molecule has 0 heterocycles. The Morgan fingerprint density at radius 1 is 0.742 bits per heavy atom. The van der Waals surface area contributed by atoms with Gasteiger partial charge in [-0.2, -0.15) is 0 Å². The largest absolute Gasteiger partial charge is 0.469 e. The van der Waals surface area contributed by atoms with Gasteiger partial charge < -0.3 is 35.1 Å². The molecule has 11 nitrogen and oxygen atoms in total. The van der Waals surface area contributed by atoms with E-state index in [2.05, 4.69) is 30.2 Å². The first-order valence-corrected chi connectivity index (χ1v) is 9.27. The van der Waals surface area contributed by atoms with E-state index >= 15 is 0 Å². The third kappa shape index (κ3) is 240. The molecule has 0 saturated heterocycles. The van der Waals surface area contributed by atoms with Crippen LogP contribution in [0.4, 0.5) is 0 Å². The Bertz CT molecular complexity index is 330. The molecule has 0 atom stereocenters. The summed E-state index contributed by atoms with van der Waals surface area (Å²) in [5, 5.41) is 7.53. The first-order valence-electron chi connectivity index (χ1n) is 9.27. The Balaban J connectivity index is -0.0000000439. The van der Waals surface area contributed by atoms with Gasteiger partial charge in [0.05, 0.1) is 7.11 Å². The minimum absolute atomic E-state index is 0.00463. The molecule has 0 saturated carbocycles. The number of ether oxygens (including phenoxy) is 3. The van der Waals surface area contributed by atoms with E-state index in [1.54, 1.807) is 49.5 Å². The summed E-state index contributed by atoms with van der Waals surface area (Å²) in [6, 6.07) is 0. The number of carbonyl (C=O) groups is 4. The van der Waals surface area contributed by atoms with Crippen molar-refractivity contribution in [3.05, 3.63) is 0 Å². The molecule has 3 amide bonds. The lowest BCUT2D eigenvalue weighted by Crippen LogP contribution is -2.17. The van der Waals surface area contributed by atoms with Crippen LogP contribution in [0.5, 0.6) is 0 Å². The predicted molar refractivity (Wildman–Crippen MR) is 127 cm³/mol. The number of esters is 1. The first kappa shape index (κ1) is 46.8. The van der Waals surface area contributed by atoms with E-state index in [0.29, 0.717) is 0 Å². The molecule has 3 N–H and O–H groups in total. The van der Waals surface area contributed by atoms with Gasteiger partial charge in [-0.25, -0.2) is 0 Å². The molecular weight excluding hydrogens is 408 g/mol. The number of amides is 3. The molecule has 0 aliphatic rings. The van der Waals surface area contributed by atoms with Gasteiger partial charge in [0, 0.05) is 83.8 Å².